The highest BCUT2D eigenvalue weighted by Crippen LogP contribution is 2.23. The molecule has 0 aliphatic rings. The zero-order chi connectivity index (χ0) is 23.8. The molecule has 0 bridgehead atoms. The van der Waals surface area contributed by atoms with Gasteiger partial charge in [0.05, 0.1) is 12.2 Å². The SMILES string of the molecule is C[C@@H](c1ccccc1)N(CC(=O)Nc1ccccc1C(=O)c1ccccc1)Cc1ccccc1. The number of rotatable bonds is 9. The smallest absolute Gasteiger partial charge is 0.238 e. The number of amides is 1. The van der Waals surface area contributed by atoms with Crippen LogP contribution in [0.5, 0.6) is 0 Å². The van der Waals surface area contributed by atoms with Crippen LogP contribution in [-0.4, -0.2) is 23.1 Å². The predicted octanol–water partition coefficient (Wildman–Crippen LogP) is 6.12. The highest BCUT2D eigenvalue weighted by atomic mass is 16.2. The van der Waals surface area contributed by atoms with E-state index < -0.39 is 0 Å². The van der Waals surface area contributed by atoms with E-state index >= 15 is 0 Å². The molecule has 0 heterocycles. The number of carbonyl (C=O) groups excluding carboxylic acids is 2. The van der Waals surface area contributed by atoms with Crippen LogP contribution in [0.15, 0.2) is 115 Å². The first-order valence-electron chi connectivity index (χ1n) is 11.4. The van der Waals surface area contributed by atoms with Crippen LogP contribution in [0.25, 0.3) is 0 Å². The Balaban J connectivity index is 1.54. The molecule has 1 amide bonds. The average Bonchev–Trinajstić information content (AvgIpc) is 2.89. The fourth-order valence-corrected chi connectivity index (χ4v) is 4.00. The van der Waals surface area contributed by atoms with Crippen LogP contribution < -0.4 is 5.32 Å². The number of para-hydroxylation sites is 1. The van der Waals surface area contributed by atoms with Crippen LogP contribution in [-0.2, 0) is 11.3 Å². The van der Waals surface area contributed by atoms with E-state index in [-0.39, 0.29) is 24.3 Å². The van der Waals surface area contributed by atoms with Gasteiger partial charge in [-0.1, -0.05) is 103 Å². The zero-order valence-corrected chi connectivity index (χ0v) is 19.2. The van der Waals surface area contributed by atoms with E-state index in [1.807, 2.05) is 66.7 Å². The van der Waals surface area contributed by atoms with E-state index in [0.29, 0.717) is 23.4 Å². The molecule has 1 atom stereocenters. The Bertz CT molecular complexity index is 1220. The minimum Gasteiger partial charge on any atom is -0.324 e. The van der Waals surface area contributed by atoms with Crippen molar-refractivity contribution in [3.8, 4) is 0 Å². The number of nitrogens with zero attached hydrogens (tertiary/aromatic N) is 1. The Kier molecular flexibility index (Phi) is 7.63. The standard InChI is InChI=1S/C30H28N2O2/c1-23(25-15-7-3-8-16-25)32(21-24-13-5-2-6-14-24)22-29(33)31-28-20-12-11-19-27(28)30(34)26-17-9-4-10-18-26/h2-20,23H,21-22H2,1H3,(H,31,33)/t23-/m0/s1. The van der Waals surface area contributed by atoms with Crippen LogP contribution in [0.1, 0.15) is 40.0 Å². The summed E-state index contributed by atoms with van der Waals surface area (Å²) in [6, 6.07) is 36.6. The van der Waals surface area contributed by atoms with Gasteiger partial charge < -0.3 is 5.32 Å². The normalized spacial score (nSPS) is 11.7. The lowest BCUT2D eigenvalue weighted by atomic mass is 10.0. The third-order valence-corrected chi connectivity index (χ3v) is 5.89. The number of anilines is 1. The number of nitrogens with one attached hydrogen (secondary N) is 1. The summed E-state index contributed by atoms with van der Waals surface area (Å²) in [5.74, 6) is -0.276. The average molecular weight is 449 g/mol. The zero-order valence-electron chi connectivity index (χ0n) is 19.2. The minimum atomic E-state index is -0.160. The predicted molar refractivity (Wildman–Crippen MR) is 137 cm³/mol. The largest absolute Gasteiger partial charge is 0.324 e. The van der Waals surface area contributed by atoms with Gasteiger partial charge in [0.25, 0.3) is 0 Å². The first-order valence-corrected chi connectivity index (χ1v) is 11.4. The van der Waals surface area contributed by atoms with Crippen molar-refractivity contribution >= 4 is 17.4 Å². The molecule has 0 radical (unpaired) electrons. The maximum Gasteiger partial charge on any atom is 0.238 e. The number of carbonyl (C=O) groups is 2. The Morgan fingerprint density at radius 2 is 1.29 bits per heavy atom. The first kappa shape index (κ1) is 23.1. The molecule has 0 saturated carbocycles. The molecule has 170 valence electrons. The lowest BCUT2D eigenvalue weighted by Gasteiger charge is -2.29. The van der Waals surface area contributed by atoms with E-state index in [2.05, 4.69) is 41.4 Å². The third-order valence-electron chi connectivity index (χ3n) is 5.89. The number of hydrogen-bond donors (Lipinski definition) is 1. The maximum atomic E-state index is 13.2. The van der Waals surface area contributed by atoms with Crippen molar-refractivity contribution in [2.24, 2.45) is 0 Å². The van der Waals surface area contributed by atoms with Gasteiger partial charge >= 0.3 is 0 Å². The summed E-state index contributed by atoms with van der Waals surface area (Å²) in [4.78, 5) is 28.4. The van der Waals surface area contributed by atoms with Crippen molar-refractivity contribution in [1.82, 2.24) is 4.90 Å². The molecule has 34 heavy (non-hydrogen) atoms. The van der Waals surface area contributed by atoms with Crippen molar-refractivity contribution in [2.75, 3.05) is 11.9 Å². The van der Waals surface area contributed by atoms with Crippen LogP contribution in [0, 0.1) is 0 Å². The fourth-order valence-electron chi connectivity index (χ4n) is 4.00. The lowest BCUT2D eigenvalue weighted by Crippen LogP contribution is -2.35. The molecule has 0 aliphatic heterocycles. The second-order valence-electron chi connectivity index (χ2n) is 8.27. The second-order valence-corrected chi connectivity index (χ2v) is 8.27. The van der Waals surface area contributed by atoms with Gasteiger partial charge in [0, 0.05) is 23.7 Å². The monoisotopic (exact) mass is 448 g/mol. The minimum absolute atomic E-state index is 0.0355. The summed E-state index contributed by atoms with van der Waals surface area (Å²) < 4.78 is 0. The first-order chi connectivity index (χ1) is 16.6. The van der Waals surface area contributed by atoms with Gasteiger partial charge in [0.15, 0.2) is 5.78 Å². The van der Waals surface area contributed by atoms with Crippen molar-refractivity contribution in [3.63, 3.8) is 0 Å². The van der Waals surface area contributed by atoms with E-state index in [1.165, 1.54) is 0 Å². The molecular weight excluding hydrogens is 420 g/mol. The van der Waals surface area contributed by atoms with E-state index in [4.69, 9.17) is 0 Å². The highest BCUT2D eigenvalue weighted by molar-refractivity contribution is 6.13. The Labute approximate surface area is 200 Å². The summed E-state index contributed by atoms with van der Waals surface area (Å²) in [7, 11) is 0. The molecule has 4 rings (SSSR count). The Morgan fingerprint density at radius 3 is 1.97 bits per heavy atom. The summed E-state index contributed by atoms with van der Waals surface area (Å²) in [5.41, 5.74) is 3.87. The molecule has 4 nitrogen and oxygen atoms in total. The van der Waals surface area contributed by atoms with Gasteiger partial charge in [0.2, 0.25) is 5.91 Å². The molecule has 0 aliphatic carbocycles. The van der Waals surface area contributed by atoms with E-state index in [0.717, 1.165) is 11.1 Å². The third kappa shape index (κ3) is 5.85. The molecule has 4 aromatic carbocycles. The molecule has 4 heteroatoms. The highest BCUT2D eigenvalue weighted by Gasteiger charge is 2.21. The molecule has 0 fully saturated rings. The van der Waals surface area contributed by atoms with Gasteiger partial charge in [-0.15, -0.1) is 0 Å². The van der Waals surface area contributed by atoms with Gasteiger partial charge in [-0.2, -0.15) is 0 Å². The maximum absolute atomic E-state index is 13.2. The molecule has 0 aromatic heterocycles. The fraction of sp³-hybridized carbons (Fsp3) is 0.133. The second kappa shape index (κ2) is 11.2. The van der Waals surface area contributed by atoms with Crippen LogP contribution in [0.4, 0.5) is 5.69 Å². The molecule has 0 unspecified atom stereocenters. The van der Waals surface area contributed by atoms with Crippen LogP contribution in [0.3, 0.4) is 0 Å². The molecule has 4 aromatic rings. The lowest BCUT2D eigenvalue weighted by molar-refractivity contribution is -0.118. The van der Waals surface area contributed by atoms with E-state index in [9.17, 15) is 9.59 Å². The Morgan fingerprint density at radius 1 is 0.735 bits per heavy atom. The van der Waals surface area contributed by atoms with Crippen molar-refractivity contribution in [1.29, 1.82) is 0 Å². The van der Waals surface area contributed by atoms with Gasteiger partial charge in [0.1, 0.15) is 0 Å². The number of ketones is 1. The van der Waals surface area contributed by atoms with Gasteiger partial charge in [-0.05, 0) is 30.2 Å². The van der Waals surface area contributed by atoms with Crippen molar-refractivity contribution in [3.05, 3.63) is 138 Å². The summed E-state index contributed by atoms with van der Waals surface area (Å²) >= 11 is 0. The topological polar surface area (TPSA) is 49.4 Å². The Hall–Kier alpha value is -4.02. The molecule has 0 saturated heterocycles. The summed E-state index contributed by atoms with van der Waals surface area (Å²) in [5, 5.41) is 2.98. The molecular formula is C30H28N2O2. The summed E-state index contributed by atoms with van der Waals surface area (Å²) in [6.07, 6.45) is 0. The van der Waals surface area contributed by atoms with Crippen molar-refractivity contribution in [2.45, 2.75) is 19.5 Å². The quantitative estimate of drug-likeness (QED) is 0.314. The van der Waals surface area contributed by atoms with Gasteiger partial charge in [-0.25, -0.2) is 0 Å². The number of benzene rings is 4. The molecule has 1 N–H and O–H groups in total. The molecule has 0 spiro atoms. The number of hydrogen-bond acceptors (Lipinski definition) is 3. The van der Waals surface area contributed by atoms with Crippen molar-refractivity contribution < 1.29 is 9.59 Å². The summed E-state index contributed by atoms with van der Waals surface area (Å²) in [6.45, 7) is 2.94. The van der Waals surface area contributed by atoms with Crippen LogP contribution in [0.2, 0.25) is 0 Å². The van der Waals surface area contributed by atoms with Crippen LogP contribution >= 0.6 is 0 Å². The van der Waals surface area contributed by atoms with E-state index in [1.54, 1.807) is 24.3 Å². The van der Waals surface area contributed by atoms with Gasteiger partial charge in [-0.3, -0.25) is 14.5 Å².